The van der Waals surface area contributed by atoms with Crippen molar-refractivity contribution in [1.29, 1.82) is 0 Å². The zero-order valence-corrected chi connectivity index (χ0v) is 12.3. The SMILES string of the molecule is CC(C)(C)Cc1cc(F)c(CC(C)(C)C)c(F)c1. The molecule has 0 aliphatic rings. The summed E-state index contributed by atoms with van der Waals surface area (Å²) in [6.07, 6.45) is 1.09. The smallest absolute Gasteiger partial charge is 0.129 e. The largest absolute Gasteiger partial charge is 0.207 e. The zero-order chi connectivity index (χ0) is 14.1. The van der Waals surface area contributed by atoms with Gasteiger partial charge in [0.25, 0.3) is 0 Å². The number of hydrogen-bond acceptors (Lipinski definition) is 0. The number of halogens is 2. The van der Waals surface area contributed by atoms with Crippen LogP contribution in [0.15, 0.2) is 12.1 Å². The normalized spacial score (nSPS) is 12.9. The fraction of sp³-hybridized carbons (Fsp3) is 0.625. The summed E-state index contributed by atoms with van der Waals surface area (Å²) in [5.41, 5.74) is 0.854. The maximum atomic E-state index is 14.0. The maximum absolute atomic E-state index is 14.0. The molecular weight excluding hydrogens is 230 g/mol. The first-order valence-electron chi connectivity index (χ1n) is 6.45. The molecule has 1 aromatic carbocycles. The Balaban J connectivity index is 3.05. The minimum absolute atomic E-state index is 0.0322. The maximum Gasteiger partial charge on any atom is 0.129 e. The summed E-state index contributed by atoms with van der Waals surface area (Å²) in [4.78, 5) is 0. The Bertz CT molecular complexity index is 397. The monoisotopic (exact) mass is 254 g/mol. The highest BCUT2D eigenvalue weighted by Gasteiger charge is 2.20. The van der Waals surface area contributed by atoms with Gasteiger partial charge >= 0.3 is 0 Å². The van der Waals surface area contributed by atoms with Crippen LogP contribution in [0.4, 0.5) is 8.78 Å². The molecule has 0 bridgehead atoms. The number of rotatable bonds is 2. The second-order valence-corrected chi connectivity index (χ2v) is 7.51. The molecule has 0 aromatic heterocycles. The van der Waals surface area contributed by atoms with Gasteiger partial charge in [-0.15, -0.1) is 0 Å². The molecule has 0 atom stereocenters. The van der Waals surface area contributed by atoms with Crippen molar-refractivity contribution in [3.05, 3.63) is 34.9 Å². The van der Waals surface area contributed by atoms with Gasteiger partial charge < -0.3 is 0 Å². The van der Waals surface area contributed by atoms with Gasteiger partial charge in [0, 0.05) is 5.56 Å². The highest BCUT2D eigenvalue weighted by molar-refractivity contribution is 5.27. The van der Waals surface area contributed by atoms with Gasteiger partial charge in [-0.1, -0.05) is 41.5 Å². The summed E-state index contributed by atoms with van der Waals surface area (Å²) in [6.45, 7) is 12.1. The van der Waals surface area contributed by atoms with E-state index in [0.717, 1.165) is 5.56 Å². The van der Waals surface area contributed by atoms with Crippen LogP contribution in [0.25, 0.3) is 0 Å². The van der Waals surface area contributed by atoms with Crippen molar-refractivity contribution in [3.63, 3.8) is 0 Å². The third kappa shape index (κ3) is 4.75. The van der Waals surface area contributed by atoms with E-state index in [2.05, 4.69) is 20.8 Å². The zero-order valence-electron chi connectivity index (χ0n) is 12.3. The van der Waals surface area contributed by atoms with E-state index in [1.807, 2.05) is 20.8 Å². The van der Waals surface area contributed by atoms with Gasteiger partial charge in [-0.05, 0) is 41.4 Å². The molecule has 0 spiro atoms. The lowest BCUT2D eigenvalue weighted by atomic mass is 9.85. The molecule has 0 heterocycles. The minimum atomic E-state index is -0.413. The van der Waals surface area contributed by atoms with E-state index < -0.39 is 11.6 Å². The molecule has 0 unspecified atom stereocenters. The van der Waals surface area contributed by atoms with E-state index in [1.165, 1.54) is 12.1 Å². The summed E-state index contributed by atoms with van der Waals surface area (Å²) in [5, 5.41) is 0. The number of hydrogen-bond donors (Lipinski definition) is 0. The minimum Gasteiger partial charge on any atom is -0.207 e. The third-order valence-corrected chi connectivity index (χ3v) is 2.64. The van der Waals surface area contributed by atoms with Gasteiger partial charge in [-0.2, -0.15) is 0 Å². The quantitative estimate of drug-likeness (QED) is 0.685. The molecule has 1 aromatic rings. The van der Waals surface area contributed by atoms with Gasteiger partial charge in [0.05, 0.1) is 0 Å². The van der Waals surface area contributed by atoms with E-state index in [9.17, 15) is 8.78 Å². The summed E-state index contributed by atoms with van der Waals surface area (Å²) in [6, 6.07) is 2.96. The Morgan fingerprint density at radius 3 is 1.50 bits per heavy atom. The van der Waals surface area contributed by atoms with Crippen molar-refractivity contribution in [2.45, 2.75) is 54.4 Å². The first-order valence-corrected chi connectivity index (χ1v) is 6.45. The van der Waals surface area contributed by atoms with E-state index in [1.54, 1.807) is 0 Å². The predicted molar refractivity (Wildman–Crippen MR) is 72.7 cm³/mol. The van der Waals surface area contributed by atoms with Crippen molar-refractivity contribution in [2.24, 2.45) is 10.8 Å². The average Bonchev–Trinajstić information content (AvgIpc) is 2.07. The molecule has 0 radical (unpaired) electrons. The Labute approximate surface area is 109 Å². The van der Waals surface area contributed by atoms with Crippen LogP contribution in [0, 0.1) is 22.5 Å². The summed E-state index contributed by atoms with van der Waals surface area (Å²) in [5.74, 6) is -0.826. The highest BCUT2D eigenvalue weighted by atomic mass is 19.1. The summed E-state index contributed by atoms with van der Waals surface area (Å²) < 4.78 is 28.0. The van der Waals surface area contributed by atoms with E-state index in [-0.39, 0.29) is 16.4 Å². The van der Waals surface area contributed by atoms with Crippen LogP contribution in [0.2, 0.25) is 0 Å². The van der Waals surface area contributed by atoms with Crippen LogP contribution >= 0.6 is 0 Å². The lowest BCUT2D eigenvalue weighted by Crippen LogP contribution is -2.14. The first kappa shape index (κ1) is 15.1. The lowest BCUT2D eigenvalue weighted by Gasteiger charge is -2.21. The van der Waals surface area contributed by atoms with Crippen LogP contribution in [0.3, 0.4) is 0 Å². The lowest BCUT2D eigenvalue weighted by molar-refractivity contribution is 0.387. The molecule has 102 valence electrons. The third-order valence-electron chi connectivity index (χ3n) is 2.64. The summed E-state index contributed by atoms with van der Waals surface area (Å²) in [7, 11) is 0. The van der Waals surface area contributed by atoms with Gasteiger partial charge in [0.15, 0.2) is 0 Å². The van der Waals surface area contributed by atoms with E-state index >= 15 is 0 Å². The molecular formula is C16H24F2. The second kappa shape index (κ2) is 4.99. The molecule has 0 N–H and O–H groups in total. The van der Waals surface area contributed by atoms with Gasteiger partial charge in [-0.3, -0.25) is 0 Å². The molecule has 18 heavy (non-hydrogen) atoms. The molecule has 0 saturated carbocycles. The first-order chi connectivity index (χ1) is 7.98. The fourth-order valence-electron chi connectivity index (χ4n) is 2.07. The molecule has 0 aliphatic heterocycles. The molecule has 0 nitrogen and oxygen atoms in total. The topological polar surface area (TPSA) is 0 Å². The second-order valence-electron chi connectivity index (χ2n) is 7.51. The summed E-state index contributed by atoms with van der Waals surface area (Å²) >= 11 is 0. The van der Waals surface area contributed by atoms with Crippen LogP contribution in [0.5, 0.6) is 0 Å². The molecule has 1 rings (SSSR count). The van der Waals surface area contributed by atoms with Gasteiger partial charge in [0.1, 0.15) is 11.6 Å². The highest BCUT2D eigenvalue weighted by Crippen LogP contribution is 2.28. The predicted octanol–water partition coefficient (Wildman–Crippen LogP) is 5.14. The van der Waals surface area contributed by atoms with Gasteiger partial charge in [-0.25, -0.2) is 8.78 Å². The molecule has 0 saturated heterocycles. The molecule has 0 amide bonds. The molecule has 2 heteroatoms. The Morgan fingerprint density at radius 1 is 0.778 bits per heavy atom. The van der Waals surface area contributed by atoms with E-state index in [4.69, 9.17) is 0 Å². The van der Waals surface area contributed by atoms with Crippen LogP contribution in [0.1, 0.15) is 52.7 Å². The van der Waals surface area contributed by atoms with Crippen LogP contribution in [-0.2, 0) is 12.8 Å². The molecule has 0 fully saturated rings. The molecule has 0 aliphatic carbocycles. The van der Waals surface area contributed by atoms with Crippen LogP contribution < -0.4 is 0 Å². The van der Waals surface area contributed by atoms with Crippen LogP contribution in [-0.4, -0.2) is 0 Å². The van der Waals surface area contributed by atoms with Gasteiger partial charge in [0.2, 0.25) is 0 Å². The van der Waals surface area contributed by atoms with Crippen molar-refractivity contribution in [2.75, 3.05) is 0 Å². The average molecular weight is 254 g/mol. The Hall–Kier alpha value is -0.920. The van der Waals surface area contributed by atoms with Crippen molar-refractivity contribution >= 4 is 0 Å². The Kier molecular flexibility index (Phi) is 4.19. The number of benzene rings is 1. The standard InChI is InChI=1S/C16H24F2/c1-15(2,3)9-11-7-13(17)12(14(18)8-11)10-16(4,5)6/h7-8H,9-10H2,1-6H3. The van der Waals surface area contributed by atoms with Crippen molar-refractivity contribution in [3.8, 4) is 0 Å². The van der Waals surface area contributed by atoms with Crippen molar-refractivity contribution < 1.29 is 8.78 Å². The fourth-order valence-corrected chi connectivity index (χ4v) is 2.07. The Morgan fingerprint density at radius 2 is 1.17 bits per heavy atom. The van der Waals surface area contributed by atoms with E-state index in [0.29, 0.717) is 12.8 Å². The van der Waals surface area contributed by atoms with Crippen molar-refractivity contribution in [1.82, 2.24) is 0 Å².